The lowest BCUT2D eigenvalue weighted by molar-refractivity contribution is -0.125. The summed E-state index contributed by atoms with van der Waals surface area (Å²) >= 11 is 1.09. The smallest absolute Gasteiger partial charge is 0.289 e. The number of amides is 2. The number of aromatic nitrogens is 1. The zero-order valence-corrected chi connectivity index (χ0v) is 16.1. The molecule has 138 valence electrons. The van der Waals surface area contributed by atoms with Crippen LogP contribution in [0.5, 0.6) is 0 Å². The highest BCUT2D eigenvalue weighted by Crippen LogP contribution is 2.41. The molecule has 1 atom stereocenters. The summed E-state index contributed by atoms with van der Waals surface area (Å²) in [6.45, 7) is 0.752. The number of thioether (sulfide) groups is 1. The van der Waals surface area contributed by atoms with Gasteiger partial charge in [-0.05, 0) is 51.9 Å². The Morgan fingerprint density at radius 3 is 2.54 bits per heavy atom. The van der Waals surface area contributed by atoms with Gasteiger partial charge in [0.15, 0.2) is 0 Å². The van der Waals surface area contributed by atoms with Crippen LogP contribution in [0.1, 0.15) is 16.4 Å². The van der Waals surface area contributed by atoms with Crippen molar-refractivity contribution < 1.29 is 9.59 Å². The molecule has 0 radical (unpaired) electrons. The third-order valence-corrected chi connectivity index (χ3v) is 6.51. The molecule has 4 aromatic rings. The number of rotatable bonds is 3. The number of likely N-dealkylation sites (N-methyl/N-ethyl adjacent to an activating group) is 1. The van der Waals surface area contributed by atoms with Gasteiger partial charge in [-0.2, -0.15) is 0 Å². The minimum atomic E-state index is -0.460. The van der Waals surface area contributed by atoms with Gasteiger partial charge in [-0.3, -0.25) is 14.5 Å². The average Bonchev–Trinajstić information content (AvgIpc) is 3.24. The van der Waals surface area contributed by atoms with E-state index in [-0.39, 0.29) is 11.1 Å². The fourth-order valence-corrected chi connectivity index (χ4v) is 4.88. The van der Waals surface area contributed by atoms with Gasteiger partial charge < -0.3 is 4.57 Å². The molecule has 0 N–H and O–H groups in total. The van der Waals surface area contributed by atoms with Crippen molar-refractivity contribution in [2.45, 2.75) is 11.8 Å². The normalized spacial score (nSPS) is 17.2. The molecule has 2 heterocycles. The number of carbonyl (C=O) groups is 2. The Morgan fingerprint density at radius 1 is 0.929 bits per heavy atom. The van der Waals surface area contributed by atoms with E-state index in [2.05, 4.69) is 53.2 Å². The summed E-state index contributed by atoms with van der Waals surface area (Å²) in [6, 6.07) is 22.9. The molecule has 0 spiro atoms. The predicted octanol–water partition coefficient (Wildman–Crippen LogP) is 5.21. The van der Waals surface area contributed by atoms with Crippen molar-refractivity contribution in [3.63, 3.8) is 0 Å². The van der Waals surface area contributed by atoms with Gasteiger partial charge in [0.25, 0.3) is 5.24 Å². The van der Waals surface area contributed by atoms with Crippen LogP contribution in [0.15, 0.2) is 72.9 Å². The second-order valence-corrected chi connectivity index (χ2v) is 8.12. The van der Waals surface area contributed by atoms with Gasteiger partial charge in [0.2, 0.25) is 5.91 Å². The molecule has 0 aliphatic carbocycles. The van der Waals surface area contributed by atoms with Crippen LogP contribution in [-0.2, 0) is 11.3 Å². The lowest BCUT2D eigenvalue weighted by atomic mass is 10.1. The third kappa shape index (κ3) is 2.70. The number of benzene rings is 3. The number of carbonyl (C=O) groups excluding carboxylic acids is 2. The molecule has 1 unspecified atom stereocenters. The summed E-state index contributed by atoms with van der Waals surface area (Å²) < 4.78 is 2.19. The topological polar surface area (TPSA) is 42.3 Å². The zero-order valence-electron chi connectivity index (χ0n) is 15.3. The van der Waals surface area contributed by atoms with E-state index >= 15 is 0 Å². The average molecular weight is 386 g/mol. The number of hydrogen-bond donors (Lipinski definition) is 0. The number of imide groups is 1. The number of fused-ring (bicyclic) bond motifs is 2. The fraction of sp³-hybridized carbons (Fsp3) is 0.130. The van der Waals surface area contributed by atoms with Crippen LogP contribution in [0, 0.1) is 0 Å². The van der Waals surface area contributed by atoms with Crippen molar-refractivity contribution in [1.82, 2.24) is 9.47 Å². The first-order chi connectivity index (χ1) is 13.6. The molecular formula is C23H18N2O2S. The van der Waals surface area contributed by atoms with E-state index in [0.717, 1.165) is 34.8 Å². The highest BCUT2D eigenvalue weighted by molar-refractivity contribution is 8.15. The number of nitrogens with zero attached hydrogens (tertiary/aromatic N) is 2. The monoisotopic (exact) mass is 386 g/mol. The Bertz CT molecular complexity index is 1240. The second kappa shape index (κ2) is 6.53. The van der Waals surface area contributed by atoms with Crippen molar-refractivity contribution in [2.24, 2.45) is 0 Å². The molecule has 28 heavy (non-hydrogen) atoms. The summed E-state index contributed by atoms with van der Waals surface area (Å²) in [5.41, 5.74) is 3.20. The quantitative estimate of drug-likeness (QED) is 0.485. The highest BCUT2D eigenvalue weighted by atomic mass is 32.2. The molecule has 1 fully saturated rings. The molecule has 3 aromatic carbocycles. The first-order valence-corrected chi connectivity index (χ1v) is 10.0. The van der Waals surface area contributed by atoms with E-state index in [1.807, 2.05) is 24.3 Å². The maximum atomic E-state index is 12.5. The van der Waals surface area contributed by atoms with Crippen molar-refractivity contribution in [3.8, 4) is 0 Å². The lowest BCUT2D eigenvalue weighted by Crippen LogP contribution is -2.24. The Hall–Kier alpha value is -3.05. The van der Waals surface area contributed by atoms with Crippen molar-refractivity contribution in [3.05, 3.63) is 84.1 Å². The van der Waals surface area contributed by atoms with E-state index in [0.29, 0.717) is 0 Å². The van der Waals surface area contributed by atoms with Gasteiger partial charge in [0.1, 0.15) is 5.25 Å². The van der Waals surface area contributed by atoms with Crippen molar-refractivity contribution in [1.29, 1.82) is 0 Å². The summed E-state index contributed by atoms with van der Waals surface area (Å²) in [5.74, 6) is -0.148. The largest absolute Gasteiger partial charge is 0.343 e. The molecule has 1 aliphatic heterocycles. The van der Waals surface area contributed by atoms with Gasteiger partial charge in [-0.25, -0.2) is 0 Å². The Morgan fingerprint density at radius 2 is 1.75 bits per heavy atom. The van der Waals surface area contributed by atoms with Crippen LogP contribution >= 0.6 is 11.8 Å². The highest BCUT2D eigenvalue weighted by Gasteiger charge is 2.38. The maximum absolute atomic E-state index is 12.5. The molecule has 5 rings (SSSR count). The van der Waals surface area contributed by atoms with Crippen LogP contribution < -0.4 is 0 Å². The SMILES string of the molecule is CN1C(=O)SC(c2cccc3c2ccn3Cc2ccc3ccccc3c2)C1=O. The Labute approximate surface area is 166 Å². The molecule has 1 saturated heterocycles. The van der Waals surface area contributed by atoms with E-state index in [4.69, 9.17) is 0 Å². The third-order valence-electron chi connectivity index (χ3n) is 5.34. The zero-order chi connectivity index (χ0) is 19.3. The molecule has 1 aliphatic rings. The Balaban J connectivity index is 1.53. The van der Waals surface area contributed by atoms with Crippen molar-refractivity contribution in [2.75, 3.05) is 7.05 Å². The molecular weight excluding hydrogens is 368 g/mol. The van der Waals surface area contributed by atoms with E-state index in [1.165, 1.54) is 21.2 Å². The lowest BCUT2D eigenvalue weighted by Gasteiger charge is -2.11. The summed E-state index contributed by atoms with van der Waals surface area (Å²) in [5, 5.41) is 2.83. The van der Waals surface area contributed by atoms with Gasteiger partial charge in [0, 0.05) is 30.7 Å². The van der Waals surface area contributed by atoms with Crippen molar-refractivity contribution >= 4 is 44.6 Å². The first-order valence-electron chi connectivity index (χ1n) is 9.15. The predicted molar refractivity (Wildman–Crippen MR) is 113 cm³/mol. The molecule has 0 bridgehead atoms. The summed E-state index contributed by atoms with van der Waals surface area (Å²) in [6.07, 6.45) is 2.05. The van der Waals surface area contributed by atoms with E-state index in [9.17, 15) is 9.59 Å². The molecule has 0 saturated carbocycles. The van der Waals surface area contributed by atoms with Crippen LogP contribution in [0.4, 0.5) is 4.79 Å². The van der Waals surface area contributed by atoms with Gasteiger partial charge >= 0.3 is 0 Å². The summed E-state index contributed by atoms with van der Waals surface area (Å²) in [7, 11) is 1.54. The van der Waals surface area contributed by atoms with E-state index in [1.54, 1.807) is 7.05 Å². The van der Waals surface area contributed by atoms with Gasteiger partial charge in [-0.1, -0.05) is 48.5 Å². The summed E-state index contributed by atoms with van der Waals surface area (Å²) in [4.78, 5) is 25.6. The first kappa shape index (κ1) is 17.1. The second-order valence-electron chi connectivity index (χ2n) is 7.07. The maximum Gasteiger partial charge on any atom is 0.289 e. The van der Waals surface area contributed by atoms with Crippen LogP contribution in [0.3, 0.4) is 0 Å². The molecule has 4 nitrogen and oxygen atoms in total. The Kier molecular flexibility index (Phi) is 3.98. The minimum Gasteiger partial charge on any atom is -0.343 e. The minimum absolute atomic E-state index is 0.148. The molecule has 1 aromatic heterocycles. The van der Waals surface area contributed by atoms with Gasteiger partial charge in [0.05, 0.1) is 0 Å². The van der Waals surface area contributed by atoms with E-state index < -0.39 is 5.25 Å². The van der Waals surface area contributed by atoms with Crippen LogP contribution in [-0.4, -0.2) is 27.7 Å². The van der Waals surface area contributed by atoms with Crippen LogP contribution in [0.2, 0.25) is 0 Å². The number of hydrogen-bond acceptors (Lipinski definition) is 3. The van der Waals surface area contributed by atoms with Crippen LogP contribution in [0.25, 0.3) is 21.7 Å². The molecule has 5 heteroatoms. The van der Waals surface area contributed by atoms with Gasteiger partial charge in [-0.15, -0.1) is 0 Å². The standard InChI is InChI=1S/C23H18N2O2S/c1-24-22(26)21(28-23(24)27)19-7-4-8-20-18(19)11-12-25(20)14-15-9-10-16-5-2-3-6-17(16)13-15/h2-13,21H,14H2,1H3. The molecule has 2 amide bonds. The fourth-order valence-electron chi connectivity index (χ4n) is 3.84.